The summed E-state index contributed by atoms with van der Waals surface area (Å²) in [4.78, 5) is 13.7. The van der Waals surface area contributed by atoms with Gasteiger partial charge in [0.1, 0.15) is 5.60 Å². The fourth-order valence-electron chi connectivity index (χ4n) is 2.47. The maximum atomic E-state index is 11.9. The van der Waals surface area contributed by atoms with E-state index in [1.807, 2.05) is 27.7 Å². The van der Waals surface area contributed by atoms with Crippen molar-refractivity contribution in [1.29, 1.82) is 0 Å². The van der Waals surface area contributed by atoms with Crippen LogP contribution >= 0.6 is 0 Å². The van der Waals surface area contributed by atoms with Crippen molar-refractivity contribution in [3.05, 3.63) is 0 Å². The molecule has 0 bridgehead atoms. The minimum atomic E-state index is -0.434. The highest BCUT2D eigenvalue weighted by atomic mass is 16.6. The summed E-state index contributed by atoms with van der Waals surface area (Å²) in [5.41, 5.74) is -0.434. The zero-order valence-corrected chi connectivity index (χ0v) is 12.3. The van der Waals surface area contributed by atoms with Crippen LogP contribution in [0.15, 0.2) is 0 Å². The molecule has 1 amide bonds. The zero-order valence-electron chi connectivity index (χ0n) is 12.3. The van der Waals surface area contributed by atoms with Crippen LogP contribution in [-0.4, -0.2) is 40.9 Å². The van der Waals surface area contributed by atoms with Gasteiger partial charge in [-0.1, -0.05) is 6.92 Å². The molecule has 18 heavy (non-hydrogen) atoms. The summed E-state index contributed by atoms with van der Waals surface area (Å²) in [6.45, 7) is 11.1. The Morgan fingerprint density at radius 2 is 2.11 bits per heavy atom. The number of aliphatic hydroxyl groups excluding tert-OH is 1. The van der Waals surface area contributed by atoms with Gasteiger partial charge in [-0.05, 0) is 52.4 Å². The topological polar surface area (TPSA) is 49.8 Å². The van der Waals surface area contributed by atoms with Gasteiger partial charge in [-0.3, -0.25) is 0 Å². The summed E-state index contributed by atoms with van der Waals surface area (Å²) in [5.74, 6) is 0.921. The molecule has 3 unspecified atom stereocenters. The molecule has 1 heterocycles. The first-order chi connectivity index (χ1) is 8.19. The van der Waals surface area contributed by atoms with E-state index in [1.165, 1.54) is 0 Å². The number of carbonyl (C=O) groups excluding carboxylic acids is 1. The largest absolute Gasteiger partial charge is 0.444 e. The van der Waals surface area contributed by atoms with E-state index in [0.717, 1.165) is 25.9 Å². The van der Waals surface area contributed by atoms with E-state index >= 15 is 0 Å². The van der Waals surface area contributed by atoms with Crippen LogP contribution in [0.5, 0.6) is 0 Å². The molecule has 1 aliphatic heterocycles. The Morgan fingerprint density at radius 3 is 2.56 bits per heavy atom. The van der Waals surface area contributed by atoms with Crippen molar-refractivity contribution in [3.8, 4) is 0 Å². The van der Waals surface area contributed by atoms with Crippen LogP contribution in [0.4, 0.5) is 4.79 Å². The monoisotopic (exact) mass is 257 g/mol. The van der Waals surface area contributed by atoms with E-state index in [0.29, 0.717) is 11.8 Å². The molecule has 1 N–H and O–H groups in total. The van der Waals surface area contributed by atoms with Crippen molar-refractivity contribution >= 4 is 6.09 Å². The van der Waals surface area contributed by atoms with Crippen LogP contribution in [0.3, 0.4) is 0 Å². The fourth-order valence-corrected chi connectivity index (χ4v) is 2.47. The summed E-state index contributed by atoms with van der Waals surface area (Å²) in [5, 5.41) is 9.45. The van der Waals surface area contributed by atoms with Gasteiger partial charge in [-0.15, -0.1) is 0 Å². The standard InChI is InChI=1S/C14H27NO3/c1-10-9-15(13(17)18-14(3,4)5)7-6-12(10)8-11(2)16/h10-12,16H,6-9H2,1-5H3. The van der Waals surface area contributed by atoms with Crippen molar-refractivity contribution in [2.75, 3.05) is 13.1 Å². The third kappa shape index (κ3) is 4.84. The molecule has 4 heteroatoms. The van der Waals surface area contributed by atoms with Crippen LogP contribution < -0.4 is 0 Å². The summed E-state index contributed by atoms with van der Waals surface area (Å²) in [6.07, 6.45) is 1.30. The van der Waals surface area contributed by atoms with Crippen LogP contribution in [0.2, 0.25) is 0 Å². The lowest BCUT2D eigenvalue weighted by Crippen LogP contribution is -2.45. The van der Waals surface area contributed by atoms with Gasteiger partial charge in [0, 0.05) is 13.1 Å². The molecule has 0 aromatic carbocycles. The first kappa shape index (κ1) is 15.3. The second-order valence-corrected chi connectivity index (χ2v) is 6.54. The third-order valence-electron chi connectivity index (χ3n) is 3.38. The van der Waals surface area contributed by atoms with E-state index in [1.54, 1.807) is 4.90 Å². The molecule has 4 nitrogen and oxygen atoms in total. The average molecular weight is 257 g/mol. The SMILES string of the molecule is CC(O)CC1CCN(C(=O)OC(C)(C)C)CC1C. The van der Waals surface area contributed by atoms with Gasteiger partial charge in [0.25, 0.3) is 0 Å². The molecule has 0 radical (unpaired) electrons. The van der Waals surface area contributed by atoms with Gasteiger partial charge in [0.2, 0.25) is 0 Å². The number of hydrogen-bond acceptors (Lipinski definition) is 3. The molecular weight excluding hydrogens is 230 g/mol. The van der Waals surface area contributed by atoms with Gasteiger partial charge < -0.3 is 14.7 Å². The third-order valence-corrected chi connectivity index (χ3v) is 3.38. The minimum Gasteiger partial charge on any atom is -0.444 e. The molecule has 1 rings (SSSR count). The summed E-state index contributed by atoms with van der Waals surface area (Å²) in [7, 11) is 0. The Hall–Kier alpha value is -0.770. The Bertz CT molecular complexity index is 283. The molecule has 106 valence electrons. The number of hydrogen-bond donors (Lipinski definition) is 1. The molecule has 0 aliphatic carbocycles. The van der Waals surface area contributed by atoms with Gasteiger partial charge in [-0.25, -0.2) is 4.79 Å². The van der Waals surface area contributed by atoms with Gasteiger partial charge in [0.05, 0.1) is 6.10 Å². The predicted molar refractivity (Wildman–Crippen MR) is 71.4 cm³/mol. The van der Waals surface area contributed by atoms with Gasteiger partial charge in [0.15, 0.2) is 0 Å². The van der Waals surface area contributed by atoms with Crippen molar-refractivity contribution in [1.82, 2.24) is 4.90 Å². The second-order valence-electron chi connectivity index (χ2n) is 6.54. The summed E-state index contributed by atoms with van der Waals surface area (Å²) < 4.78 is 5.38. The lowest BCUT2D eigenvalue weighted by molar-refractivity contribution is 0.00808. The molecule has 1 aliphatic rings. The van der Waals surface area contributed by atoms with Crippen LogP contribution in [0, 0.1) is 11.8 Å². The van der Waals surface area contributed by atoms with E-state index in [-0.39, 0.29) is 12.2 Å². The smallest absolute Gasteiger partial charge is 0.410 e. The molecule has 0 saturated carbocycles. The van der Waals surface area contributed by atoms with Crippen molar-refractivity contribution < 1.29 is 14.6 Å². The van der Waals surface area contributed by atoms with E-state index in [9.17, 15) is 9.90 Å². The number of likely N-dealkylation sites (tertiary alicyclic amines) is 1. The van der Waals surface area contributed by atoms with Gasteiger partial charge in [-0.2, -0.15) is 0 Å². The molecular formula is C14H27NO3. The molecule has 0 aromatic heterocycles. The van der Waals surface area contributed by atoms with E-state index < -0.39 is 5.60 Å². The maximum absolute atomic E-state index is 11.9. The Morgan fingerprint density at radius 1 is 1.50 bits per heavy atom. The Kier molecular flexibility index (Phi) is 5.02. The van der Waals surface area contributed by atoms with Crippen molar-refractivity contribution in [2.24, 2.45) is 11.8 Å². The number of aliphatic hydroxyl groups is 1. The van der Waals surface area contributed by atoms with Crippen LogP contribution in [0.1, 0.15) is 47.5 Å². The molecule has 0 spiro atoms. The second kappa shape index (κ2) is 5.91. The van der Waals surface area contributed by atoms with E-state index in [2.05, 4.69) is 6.92 Å². The summed E-state index contributed by atoms with van der Waals surface area (Å²) in [6, 6.07) is 0. The highest BCUT2D eigenvalue weighted by Gasteiger charge is 2.31. The number of ether oxygens (including phenoxy) is 1. The molecule has 0 aromatic rings. The van der Waals surface area contributed by atoms with Gasteiger partial charge >= 0.3 is 6.09 Å². The number of amides is 1. The highest BCUT2D eigenvalue weighted by Crippen LogP contribution is 2.28. The Labute approximate surface area is 110 Å². The number of rotatable bonds is 2. The first-order valence-corrected chi connectivity index (χ1v) is 6.85. The van der Waals surface area contributed by atoms with Crippen LogP contribution in [0.25, 0.3) is 0 Å². The molecule has 1 saturated heterocycles. The van der Waals surface area contributed by atoms with Crippen molar-refractivity contribution in [2.45, 2.75) is 59.2 Å². The molecule has 3 atom stereocenters. The number of carbonyl (C=O) groups is 1. The normalized spacial score (nSPS) is 26.9. The average Bonchev–Trinajstić information content (AvgIpc) is 2.17. The van der Waals surface area contributed by atoms with Crippen molar-refractivity contribution in [3.63, 3.8) is 0 Å². The van der Waals surface area contributed by atoms with E-state index in [4.69, 9.17) is 4.74 Å². The first-order valence-electron chi connectivity index (χ1n) is 6.85. The summed E-state index contributed by atoms with van der Waals surface area (Å²) >= 11 is 0. The lowest BCUT2D eigenvalue weighted by Gasteiger charge is -2.38. The highest BCUT2D eigenvalue weighted by molar-refractivity contribution is 5.68. The minimum absolute atomic E-state index is 0.218. The lowest BCUT2D eigenvalue weighted by atomic mass is 9.83. The Balaban J connectivity index is 2.48. The van der Waals surface area contributed by atoms with Crippen LogP contribution in [-0.2, 0) is 4.74 Å². The quantitative estimate of drug-likeness (QED) is 0.827. The fraction of sp³-hybridized carbons (Fsp3) is 0.929. The maximum Gasteiger partial charge on any atom is 0.410 e. The molecule has 1 fully saturated rings. The number of nitrogens with zero attached hydrogens (tertiary/aromatic N) is 1. The number of piperidine rings is 1. The predicted octanol–water partition coefficient (Wildman–Crippen LogP) is 2.65. The zero-order chi connectivity index (χ0) is 13.9.